The fourth-order valence-electron chi connectivity index (χ4n) is 10.3. The number of hydrogen-bond acceptors (Lipinski definition) is 12. The predicted molar refractivity (Wildman–Crippen MR) is 233 cm³/mol. The molecular weight excluding hydrogens is 805 g/mol. The molecule has 1 saturated carbocycles. The first-order valence-corrected chi connectivity index (χ1v) is 22.2. The van der Waals surface area contributed by atoms with E-state index in [2.05, 4.69) is 37.4 Å². The first-order chi connectivity index (χ1) is 30.7. The number of piperidine rings is 2. The molecule has 0 radical (unpaired) electrons. The van der Waals surface area contributed by atoms with Crippen molar-refractivity contribution in [2.24, 2.45) is 13.0 Å². The normalized spacial score (nSPS) is 24.2. The van der Waals surface area contributed by atoms with Crippen molar-refractivity contribution in [2.45, 2.75) is 88.0 Å². The summed E-state index contributed by atoms with van der Waals surface area (Å²) < 4.78 is 22.3. The highest BCUT2D eigenvalue weighted by Crippen LogP contribution is 2.38. The van der Waals surface area contributed by atoms with E-state index in [1.165, 1.54) is 9.13 Å². The number of morpholine rings is 1. The third-order valence-electron chi connectivity index (χ3n) is 13.7. The SMILES string of the molecule is COc1nc([C@H]2CC[C@H](CN3CCC(OCC#Cc4cccc5c4n(C)c(=O)n5C4CCC(=O)NC4=O)CC3)CC2)ccc1NC(=O)c1cnn2ccc(N3C[C@H]4C[C@@H]3CO4)nc12. The fraction of sp³-hybridized carbons (Fsp3) is 0.500. The van der Waals surface area contributed by atoms with Crippen molar-refractivity contribution in [2.75, 3.05) is 56.7 Å². The van der Waals surface area contributed by atoms with Gasteiger partial charge in [0.1, 0.15) is 29.7 Å². The number of amides is 3. The number of nitrogens with one attached hydrogen (secondary N) is 2. The molecule has 63 heavy (non-hydrogen) atoms. The van der Waals surface area contributed by atoms with Crippen molar-refractivity contribution in [1.82, 2.24) is 38.9 Å². The first kappa shape index (κ1) is 41.0. The van der Waals surface area contributed by atoms with Crippen LogP contribution < -0.4 is 26.0 Å². The summed E-state index contributed by atoms with van der Waals surface area (Å²) in [4.78, 5) is 65.7. The zero-order chi connectivity index (χ0) is 43.2. The van der Waals surface area contributed by atoms with Gasteiger partial charge in [-0.1, -0.05) is 17.9 Å². The lowest BCUT2D eigenvalue weighted by molar-refractivity contribution is -0.135. The summed E-state index contributed by atoms with van der Waals surface area (Å²) in [6.45, 7) is 4.84. The van der Waals surface area contributed by atoms with Gasteiger partial charge in [-0.25, -0.2) is 19.3 Å². The summed E-state index contributed by atoms with van der Waals surface area (Å²) in [7, 11) is 3.26. The van der Waals surface area contributed by atoms with Crippen molar-refractivity contribution in [1.29, 1.82) is 0 Å². The number of carbonyl (C=O) groups is 3. The van der Waals surface area contributed by atoms with Crippen LogP contribution in [0.3, 0.4) is 0 Å². The molecule has 17 heteroatoms. The van der Waals surface area contributed by atoms with Gasteiger partial charge in [0.25, 0.3) is 5.91 Å². The van der Waals surface area contributed by atoms with Crippen molar-refractivity contribution in [3.63, 3.8) is 0 Å². The molecule has 1 aliphatic carbocycles. The molecule has 1 aromatic carbocycles. The number of imide groups is 1. The number of likely N-dealkylation sites (tertiary alicyclic amines) is 1. The summed E-state index contributed by atoms with van der Waals surface area (Å²) >= 11 is 0. The maximum Gasteiger partial charge on any atom is 0.329 e. The predicted octanol–water partition coefficient (Wildman–Crippen LogP) is 3.80. The largest absolute Gasteiger partial charge is 0.480 e. The van der Waals surface area contributed by atoms with Crippen molar-refractivity contribution in [3.05, 3.63) is 76.1 Å². The van der Waals surface area contributed by atoms with Gasteiger partial charge in [-0.15, -0.1) is 0 Å². The van der Waals surface area contributed by atoms with Gasteiger partial charge in [0.15, 0.2) is 5.65 Å². The number of aryl methyl sites for hydroxylation is 1. The van der Waals surface area contributed by atoms with Gasteiger partial charge in [-0.3, -0.25) is 28.8 Å². The molecule has 3 amide bonds. The van der Waals surface area contributed by atoms with Gasteiger partial charge in [-0.2, -0.15) is 5.10 Å². The number of methoxy groups -OCH3 is 1. The summed E-state index contributed by atoms with van der Waals surface area (Å²) in [6, 6.07) is 10.9. The number of fused-ring (bicyclic) bond motifs is 4. The Morgan fingerprint density at radius 1 is 1.02 bits per heavy atom. The van der Waals surface area contributed by atoms with Crippen LogP contribution in [0.5, 0.6) is 5.88 Å². The number of aromatic nitrogens is 6. The number of benzene rings is 1. The Kier molecular flexibility index (Phi) is 11.2. The van der Waals surface area contributed by atoms with Crippen molar-refractivity contribution >= 4 is 45.9 Å². The Morgan fingerprint density at radius 2 is 1.86 bits per heavy atom. The molecule has 3 atom stereocenters. The average Bonchev–Trinajstić information content (AvgIpc) is 4.10. The van der Waals surface area contributed by atoms with Gasteiger partial charge < -0.3 is 29.3 Å². The highest BCUT2D eigenvalue weighted by atomic mass is 16.5. The fourth-order valence-corrected chi connectivity index (χ4v) is 10.3. The number of anilines is 2. The van der Waals surface area contributed by atoms with Crippen molar-refractivity contribution in [3.8, 4) is 17.7 Å². The number of para-hydroxylation sites is 1. The second-order valence-electron chi connectivity index (χ2n) is 17.5. The van der Waals surface area contributed by atoms with E-state index < -0.39 is 11.9 Å². The second kappa shape index (κ2) is 17.2. The second-order valence-corrected chi connectivity index (χ2v) is 17.5. The van der Waals surface area contributed by atoms with Crippen LogP contribution in [0, 0.1) is 17.8 Å². The highest BCUT2D eigenvalue weighted by molar-refractivity contribution is 6.08. The lowest BCUT2D eigenvalue weighted by atomic mass is 9.80. The molecule has 8 heterocycles. The van der Waals surface area contributed by atoms with Gasteiger partial charge in [0.05, 0.1) is 54.8 Å². The molecule has 17 nitrogen and oxygen atoms in total. The molecule has 1 unspecified atom stereocenters. The van der Waals surface area contributed by atoms with E-state index in [0.29, 0.717) is 63.9 Å². The van der Waals surface area contributed by atoms with Crippen LogP contribution in [0.2, 0.25) is 0 Å². The molecule has 5 fully saturated rings. The number of pyridine rings is 1. The van der Waals surface area contributed by atoms with Crippen LogP contribution in [-0.4, -0.2) is 116 Å². The van der Waals surface area contributed by atoms with E-state index in [0.717, 1.165) is 82.6 Å². The van der Waals surface area contributed by atoms with Gasteiger partial charge >= 0.3 is 5.69 Å². The van der Waals surface area contributed by atoms with Crippen LogP contribution in [0.1, 0.15) is 91.4 Å². The lowest BCUT2D eigenvalue weighted by Gasteiger charge is -2.36. The van der Waals surface area contributed by atoms with E-state index in [1.54, 1.807) is 24.9 Å². The molecule has 2 bridgehead atoms. The number of rotatable bonds is 10. The van der Waals surface area contributed by atoms with Gasteiger partial charge in [0, 0.05) is 57.5 Å². The average molecular weight is 857 g/mol. The Labute approximate surface area is 364 Å². The van der Waals surface area contributed by atoms with E-state index >= 15 is 0 Å². The Morgan fingerprint density at radius 3 is 2.62 bits per heavy atom. The molecule has 4 aliphatic heterocycles. The van der Waals surface area contributed by atoms with Crippen molar-refractivity contribution < 1.29 is 28.6 Å². The Bertz CT molecular complexity index is 2700. The maximum atomic E-state index is 13.6. The van der Waals surface area contributed by atoms with E-state index in [1.807, 2.05) is 42.6 Å². The van der Waals surface area contributed by atoms with Crippen LogP contribution in [0.15, 0.2) is 53.6 Å². The molecule has 10 rings (SSSR count). The number of hydrogen-bond donors (Lipinski definition) is 2. The minimum absolute atomic E-state index is 0.142. The van der Waals surface area contributed by atoms with Crippen LogP contribution in [-0.2, 0) is 26.1 Å². The minimum atomic E-state index is -0.739. The van der Waals surface area contributed by atoms with Gasteiger partial charge in [-0.05, 0) is 87.6 Å². The zero-order valence-corrected chi connectivity index (χ0v) is 35.6. The first-order valence-electron chi connectivity index (χ1n) is 22.2. The summed E-state index contributed by atoms with van der Waals surface area (Å²) in [5.74, 6) is 7.43. The zero-order valence-electron chi connectivity index (χ0n) is 35.6. The quantitative estimate of drug-likeness (QED) is 0.154. The van der Waals surface area contributed by atoms with E-state index in [4.69, 9.17) is 24.2 Å². The smallest absolute Gasteiger partial charge is 0.329 e. The molecule has 4 saturated heterocycles. The van der Waals surface area contributed by atoms with Crippen LogP contribution >= 0.6 is 0 Å². The lowest BCUT2D eigenvalue weighted by Crippen LogP contribution is -2.44. The Hall–Kier alpha value is -6.09. The number of carbonyl (C=O) groups excluding carboxylic acids is 3. The molecule has 328 valence electrons. The number of imidazole rings is 1. The molecule has 5 aromatic rings. The van der Waals surface area contributed by atoms with Gasteiger partial charge in [0.2, 0.25) is 17.7 Å². The molecule has 0 spiro atoms. The topological polar surface area (TPSA) is 179 Å². The van der Waals surface area contributed by atoms with Crippen LogP contribution in [0.4, 0.5) is 11.5 Å². The summed E-state index contributed by atoms with van der Waals surface area (Å²) in [5.41, 5.74) is 4.03. The maximum absolute atomic E-state index is 13.6. The monoisotopic (exact) mass is 856 g/mol. The standard InChI is InChI=1S/C46H52N10O7/c1-52-41-30(5-3-7-37(41)56(46(52)60)38-14-15-40(57)51-44(38)59)6-4-22-62-32-16-19-53(20-17-32)25-28-8-10-29(11-9-28)35-12-13-36(45(49-35)61-2)48-43(58)34-24-47-55-21-18-39(50-42(34)55)54-26-33-23-31(54)27-63-33/h3,5,7,12-13,18,21,24,28-29,31-33,38H,8-11,14-17,19-20,22-23,25-27H2,1-2H3,(H,48,58)(H,51,57,59)/t28-,29-,31-,33-,38?/m1/s1. The molecule has 2 N–H and O–H groups in total. The summed E-state index contributed by atoms with van der Waals surface area (Å²) in [5, 5.41) is 9.73. The van der Waals surface area contributed by atoms with E-state index in [-0.39, 0.29) is 49.2 Å². The van der Waals surface area contributed by atoms with Crippen LogP contribution in [0.25, 0.3) is 16.7 Å². The molecular formula is C46H52N10O7. The molecule has 4 aromatic heterocycles. The third-order valence-corrected chi connectivity index (χ3v) is 13.7. The third kappa shape index (κ3) is 8.07. The number of ether oxygens (including phenoxy) is 3. The number of nitrogens with zero attached hydrogens (tertiary/aromatic N) is 8. The molecule has 5 aliphatic rings. The summed E-state index contributed by atoms with van der Waals surface area (Å²) in [6.07, 6.45) is 11.5. The Balaban J connectivity index is 0.687. The minimum Gasteiger partial charge on any atom is -0.480 e. The van der Waals surface area contributed by atoms with E-state index in [9.17, 15) is 19.2 Å². The highest BCUT2D eigenvalue weighted by Gasteiger charge is 2.40.